The maximum absolute atomic E-state index is 12.3. The molecule has 0 spiro atoms. The molecule has 2 unspecified atom stereocenters. The van der Waals surface area contributed by atoms with Gasteiger partial charge >= 0.3 is 5.51 Å². The molecule has 1 fully saturated rings. The molecule has 0 aromatic heterocycles. The standard InChI is InChI=1S/C7H13F3N2O2S/c8-7(9,10)15(13,14)6(12)4-2-1-3-5(6)11/h5H,1-4,11-12H2. The monoisotopic (exact) mass is 246 g/mol. The average molecular weight is 246 g/mol. The number of halogens is 3. The average Bonchev–Trinajstić information content (AvgIpc) is 2.08. The van der Waals surface area contributed by atoms with E-state index >= 15 is 0 Å². The predicted molar refractivity (Wildman–Crippen MR) is 48.3 cm³/mol. The van der Waals surface area contributed by atoms with Gasteiger partial charge in [0.2, 0.25) is 0 Å². The second kappa shape index (κ2) is 3.60. The van der Waals surface area contributed by atoms with Crippen LogP contribution in [0.4, 0.5) is 13.2 Å². The van der Waals surface area contributed by atoms with Gasteiger partial charge in [0.05, 0.1) is 0 Å². The van der Waals surface area contributed by atoms with Gasteiger partial charge in [-0.15, -0.1) is 0 Å². The first-order valence-electron chi connectivity index (χ1n) is 4.48. The Kier molecular flexibility index (Phi) is 3.05. The van der Waals surface area contributed by atoms with Gasteiger partial charge < -0.3 is 11.5 Å². The first-order chi connectivity index (χ1) is 6.63. The molecule has 1 rings (SSSR count). The molecule has 0 amide bonds. The van der Waals surface area contributed by atoms with Gasteiger partial charge in [0, 0.05) is 6.04 Å². The highest BCUT2D eigenvalue weighted by Gasteiger charge is 2.60. The van der Waals surface area contributed by atoms with Crippen molar-refractivity contribution in [2.45, 2.75) is 42.1 Å². The van der Waals surface area contributed by atoms with E-state index in [0.717, 1.165) is 0 Å². The summed E-state index contributed by atoms with van der Waals surface area (Å²) in [5, 5.41) is 0. The molecule has 1 aliphatic carbocycles. The van der Waals surface area contributed by atoms with Crippen LogP contribution in [0.25, 0.3) is 0 Å². The number of sulfone groups is 1. The molecule has 2 atom stereocenters. The first kappa shape index (κ1) is 12.7. The zero-order valence-corrected chi connectivity index (χ0v) is 8.74. The molecular weight excluding hydrogens is 233 g/mol. The fourth-order valence-electron chi connectivity index (χ4n) is 1.74. The highest BCUT2D eigenvalue weighted by Crippen LogP contribution is 2.38. The van der Waals surface area contributed by atoms with E-state index in [2.05, 4.69) is 0 Å². The zero-order chi connectivity index (χ0) is 11.9. The largest absolute Gasteiger partial charge is 0.499 e. The summed E-state index contributed by atoms with van der Waals surface area (Å²) in [7, 11) is -5.40. The molecule has 1 saturated carbocycles. The van der Waals surface area contributed by atoms with Gasteiger partial charge in [0.25, 0.3) is 9.84 Å². The smallest absolute Gasteiger partial charge is 0.325 e. The third kappa shape index (κ3) is 1.85. The zero-order valence-electron chi connectivity index (χ0n) is 7.92. The third-order valence-corrected chi connectivity index (χ3v) is 4.88. The van der Waals surface area contributed by atoms with Crippen LogP contribution in [0.2, 0.25) is 0 Å². The van der Waals surface area contributed by atoms with Gasteiger partial charge in [-0.05, 0) is 12.8 Å². The van der Waals surface area contributed by atoms with Crippen molar-refractivity contribution in [1.82, 2.24) is 0 Å². The van der Waals surface area contributed by atoms with Crippen LogP contribution in [0.1, 0.15) is 25.7 Å². The summed E-state index contributed by atoms with van der Waals surface area (Å²) < 4.78 is 59.4. The van der Waals surface area contributed by atoms with Crippen molar-refractivity contribution in [2.24, 2.45) is 11.5 Å². The summed E-state index contributed by atoms with van der Waals surface area (Å²) >= 11 is 0. The minimum Gasteiger partial charge on any atom is -0.325 e. The van der Waals surface area contributed by atoms with Crippen LogP contribution in [0.5, 0.6) is 0 Å². The molecule has 1 aliphatic rings. The molecule has 0 aromatic carbocycles. The minimum atomic E-state index is -5.40. The van der Waals surface area contributed by atoms with Gasteiger partial charge in [-0.3, -0.25) is 0 Å². The summed E-state index contributed by atoms with van der Waals surface area (Å²) in [6.07, 6.45) is 0.912. The lowest BCUT2D eigenvalue weighted by molar-refractivity contribution is -0.0468. The Bertz CT molecular complexity index is 341. The number of hydrogen-bond donors (Lipinski definition) is 2. The highest BCUT2D eigenvalue weighted by atomic mass is 32.2. The summed E-state index contributed by atoms with van der Waals surface area (Å²) in [6, 6.07) is -1.15. The van der Waals surface area contributed by atoms with E-state index in [-0.39, 0.29) is 12.8 Å². The second-order valence-electron chi connectivity index (χ2n) is 3.76. The van der Waals surface area contributed by atoms with Crippen molar-refractivity contribution in [3.63, 3.8) is 0 Å². The van der Waals surface area contributed by atoms with Crippen molar-refractivity contribution in [1.29, 1.82) is 0 Å². The lowest BCUT2D eigenvalue weighted by Gasteiger charge is -2.38. The Labute approximate surface area is 85.7 Å². The molecule has 0 saturated heterocycles. The lowest BCUT2D eigenvalue weighted by Crippen LogP contribution is -2.64. The van der Waals surface area contributed by atoms with E-state index in [1.807, 2.05) is 0 Å². The quantitative estimate of drug-likeness (QED) is 0.704. The maximum atomic E-state index is 12.3. The van der Waals surface area contributed by atoms with Gasteiger partial charge in [-0.25, -0.2) is 8.42 Å². The number of rotatable bonds is 1. The van der Waals surface area contributed by atoms with Gasteiger partial charge in [-0.1, -0.05) is 12.8 Å². The molecule has 4 N–H and O–H groups in total. The number of alkyl halides is 3. The Morgan fingerprint density at radius 3 is 2.20 bits per heavy atom. The molecule has 0 bridgehead atoms. The highest BCUT2D eigenvalue weighted by molar-refractivity contribution is 7.93. The van der Waals surface area contributed by atoms with Crippen LogP contribution in [0.3, 0.4) is 0 Å². The second-order valence-corrected chi connectivity index (χ2v) is 5.99. The topological polar surface area (TPSA) is 86.2 Å². The Hall–Kier alpha value is -0.340. The van der Waals surface area contributed by atoms with E-state index in [9.17, 15) is 21.6 Å². The maximum Gasteiger partial charge on any atom is 0.499 e. The summed E-state index contributed by atoms with van der Waals surface area (Å²) in [5.41, 5.74) is 5.39. The van der Waals surface area contributed by atoms with Crippen LogP contribution in [-0.4, -0.2) is 24.8 Å². The molecule has 15 heavy (non-hydrogen) atoms. The number of nitrogens with two attached hydrogens (primary N) is 2. The summed E-state index contributed by atoms with van der Waals surface area (Å²) in [5.74, 6) is 0. The Balaban J connectivity index is 3.14. The Morgan fingerprint density at radius 2 is 1.80 bits per heavy atom. The van der Waals surface area contributed by atoms with Crippen molar-refractivity contribution in [3.8, 4) is 0 Å². The lowest BCUT2D eigenvalue weighted by atomic mass is 9.91. The van der Waals surface area contributed by atoms with E-state index in [0.29, 0.717) is 12.8 Å². The van der Waals surface area contributed by atoms with Crippen molar-refractivity contribution in [3.05, 3.63) is 0 Å². The molecule has 8 heteroatoms. The van der Waals surface area contributed by atoms with E-state index < -0.39 is 26.3 Å². The molecule has 0 aliphatic heterocycles. The molecule has 0 heterocycles. The normalized spacial score (nSPS) is 34.1. The molecule has 0 aromatic rings. The molecular formula is C7H13F3N2O2S. The van der Waals surface area contributed by atoms with Crippen molar-refractivity contribution in [2.75, 3.05) is 0 Å². The third-order valence-electron chi connectivity index (χ3n) is 2.77. The molecule has 4 nitrogen and oxygen atoms in total. The first-order valence-corrected chi connectivity index (χ1v) is 5.96. The van der Waals surface area contributed by atoms with Crippen LogP contribution in [-0.2, 0) is 9.84 Å². The van der Waals surface area contributed by atoms with E-state index in [1.165, 1.54) is 0 Å². The van der Waals surface area contributed by atoms with Gasteiger partial charge in [0.15, 0.2) is 0 Å². The predicted octanol–water partition coefficient (Wildman–Crippen LogP) is 0.477. The Morgan fingerprint density at radius 1 is 1.27 bits per heavy atom. The molecule has 0 radical (unpaired) electrons. The fraction of sp³-hybridized carbons (Fsp3) is 1.00. The number of hydrogen-bond acceptors (Lipinski definition) is 4. The van der Waals surface area contributed by atoms with Crippen LogP contribution >= 0.6 is 0 Å². The summed E-state index contributed by atoms with van der Waals surface area (Å²) in [6.45, 7) is 0. The van der Waals surface area contributed by atoms with Crippen LogP contribution < -0.4 is 11.5 Å². The minimum absolute atomic E-state index is 0.200. The van der Waals surface area contributed by atoms with E-state index in [1.54, 1.807) is 0 Å². The van der Waals surface area contributed by atoms with Gasteiger partial charge in [-0.2, -0.15) is 13.2 Å². The van der Waals surface area contributed by atoms with Crippen molar-refractivity contribution < 1.29 is 21.6 Å². The molecule has 90 valence electrons. The van der Waals surface area contributed by atoms with Gasteiger partial charge in [0.1, 0.15) is 4.87 Å². The van der Waals surface area contributed by atoms with E-state index in [4.69, 9.17) is 11.5 Å². The SMILES string of the molecule is NC1CCCCC1(N)S(=O)(=O)C(F)(F)F. The van der Waals surface area contributed by atoms with Crippen LogP contribution in [0.15, 0.2) is 0 Å². The van der Waals surface area contributed by atoms with Crippen LogP contribution in [0, 0.1) is 0 Å². The van der Waals surface area contributed by atoms with Crippen molar-refractivity contribution >= 4 is 9.84 Å². The fourth-order valence-corrected chi connectivity index (χ4v) is 3.10. The summed E-state index contributed by atoms with van der Waals surface area (Å²) in [4.78, 5) is -2.36.